The Labute approximate surface area is 172 Å². The molecule has 0 saturated heterocycles. The number of fused-ring (bicyclic) bond motifs is 1. The van der Waals surface area contributed by atoms with E-state index in [2.05, 4.69) is 4.98 Å². The molecule has 7 nitrogen and oxygen atoms in total. The predicted molar refractivity (Wildman–Crippen MR) is 111 cm³/mol. The van der Waals surface area contributed by atoms with E-state index in [4.69, 9.17) is 16.3 Å². The Kier molecular flexibility index (Phi) is 5.61. The third-order valence-electron chi connectivity index (χ3n) is 4.71. The second-order valence-corrected chi connectivity index (χ2v) is 7.87. The van der Waals surface area contributed by atoms with Gasteiger partial charge >= 0.3 is 11.7 Å². The molecule has 1 N–H and O–H groups in total. The van der Waals surface area contributed by atoms with Crippen LogP contribution < -0.4 is 16.2 Å². The molecule has 0 saturated carbocycles. The first kappa shape index (κ1) is 20.8. The van der Waals surface area contributed by atoms with Gasteiger partial charge in [-0.3, -0.25) is 4.79 Å². The minimum Gasteiger partial charge on any atom is -0.462 e. The number of hydrogen-bond donors (Lipinski definition) is 0. The molecule has 3 aromatic rings. The number of H-pyrrole nitrogens is 1. The number of aromatic nitrogens is 3. The highest BCUT2D eigenvalue weighted by Gasteiger charge is 2.29. The molecular formula is C21H23ClN3O4+. The van der Waals surface area contributed by atoms with E-state index in [-0.39, 0.29) is 23.5 Å². The second kappa shape index (κ2) is 7.83. The quantitative estimate of drug-likeness (QED) is 0.611. The minimum atomic E-state index is -0.541. The summed E-state index contributed by atoms with van der Waals surface area (Å²) in [4.78, 5) is 41.5. The van der Waals surface area contributed by atoms with Gasteiger partial charge in [-0.2, -0.15) is 4.57 Å². The van der Waals surface area contributed by atoms with Gasteiger partial charge < -0.3 is 4.74 Å². The topological polar surface area (TPSA) is 84.4 Å². The molecular weight excluding hydrogens is 394 g/mol. The SMILES string of the molecule is Cc1[nH+]c2c(c(-c3cccc(Cl)c3)c1C(=O)OCC(C)C)c(=O)n(C)c(=O)n2C. The van der Waals surface area contributed by atoms with E-state index in [9.17, 15) is 14.4 Å². The highest BCUT2D eigenvalue weighted by Crippen LogP contribution is 2.31. The van der Waals surface area contributed by atoms with Gasteiger partial charge in [-0.05, 0) is 30.5 Å². The van der Waals surface area contributed by atoms with Crippen LogP contribution >= 0.6 is 11.6 Å². The fraction of sp³-hybridized carbons (Fsp3) is 0.333. The highest BCUT2D eigenvalue weighted by molar-refractivity contribution is 6.31. The lowest BCUT2D eigenvalue weighted by molar-refractivity contribution is -0.359. The first-order valence-corrected chi connectivity index (χ1v) is 9.60. The summed E-state index contributed by atoms with van der Waals surface area (Å²) in [6.07, 6.45) is 0. The van der Waals surface area contributed by atoms with Gasteiger partial charge in [-0.1, -0.05) is 37.6 Å². The zero-order valence-corrected chi connectivity index (χ0v) is 17.8. The van der Waals surface area contributed by atoms with E-state index in [0.717, 1.165) is 4.57 Å². The van der Waals surface area contributed by atoms with Crippen LogP contribution in [0.4, 0.5) is 0 Å². The molecule has 0 fully saturated rings. The van der Waals surface area contributed by atoms with Crippen LogP contribution in [0.1, 0.15) is 29.9 Å². The van der Waals surface area contributed by atoms with Crippen LogP contribution in [-0.4, -0.2) is 21.7 Å². The smallest absolute Gasteiger partial charge is 0.417 e. The number of benzene rings is 1. The number of nitrogens with zero attached hydrogens (tertiary/aromatic N) is 2. The largest absolute Gasteiger partial charge is 0.462 e. The molecule has 0 bridgehead atoms. The summed E-state index contributed by atoms with van der Waals surface area (Å²) < 4.78 is 7.83. The Balaban J connectivity index is 2.49. The molecule has 2 aromatic heterocycles. The van der Waals surface area contributed by atoms with Crippen molar-refractivity contribution >= 4 is 28.6 Å². The molecule has 0 aliphatic rings. The monoisotopic (exact) mass is 416 g/mol. The van der Waals surface area contributed by atoms with E-state index in [1.807, 2.05) is 13.8 Å². The van der Waals surface area contributed by atoms with E-state index in [1.54, 1.807) is 38.2 Å². The van der Waals surface area contributed by atoms with Gasteiger partial charge in [-0.15, -0.1) is 0 Å². The van der Waals surface area contributed by atoms with Crippen molar-refractivity contribution in [3.05, 3.63) is 61.4 Å². The van der Waals surface area contributed by atoms with E-state index in [1.165, 1.54) is 11.6 Å². The first-order valence-electron chi connectivity index (χ1n) is 9.22. The summed E-state index contributed by atoms with van der Waals surface area (Å²) in [6, 6.07) is 6.90. The van der Waals surface area contributed by atoms with Crippen molar-refractivity contribution in [2.75, 3.05) is 6.61 Å². The van der Waals surface area contributed by atoms with Crippen LogP contribution in [0.5, 0.6) is 0 Å². The van der Waals surface area contributed by atoms with Gasteiger partial charge in [0.15, 0.2) is 0 Å². The molecule has 0 aliphatic carbocycles. The number of halogens is 1. The van der Waals surface area contributed by atoms with Crippen LogP contribution in [-0.2, 0) is 18.8 Å². The first-order chi connectivity index (χ1) is 13.6. The molecule has 0 atom stereocenters. The number of carbonyl (C=O) groups excluding carboxylic acids is 1. The lowest BCUT2D eigenvalue weighted by Gasteiger charge is -2.15. The van der Waals surface area contributed by atoms with Crippen molar-refractivity contribution in [3.8, 4) is 11.1 Å². The van der Waals surface area contributed by atoms with Gasteiger partial charge in [0.05, 0.1) is 13.7 Å². The molecule has 8 heteroatoms. The number of aromatic amines is 1. The van der Waals surface area contributed by atoms with Crippen molar-refractivity contribution in [2.45, 2.75) is 20.8 Å². The van der Waals surface area contributed by atoms with Crippen molar-refractivity contribution in [2.24, 2.45) is 20.0 Å². The van der Waals surface area contributed by atoms with Crippen molar-refractivity contribution < 1.29 is 14.5 Å². The Morgan fingerprint density at radius 3 is 2.52 bits per heavy atom. The number of rotatable bonds is 4. The summed E-state index contributed by atoms with van der Waals surface area (Å²) >= 11 is 6.19. The molecule has 0 unspecified atom stereocenters. The van der Waals surface area contributed by atoms with Gasteiger partial charge in [-0.25, -0.2) is 19.1 Å². The third kappa shape index (κ3) is 3.70. The van der Waals surface area contributed by atoms with Gasteiger partial charge in [0.25, 0.3) is 11.2 Å². The predicted octanol–water partition coefficient (Wildman–Crippen LogP) is 2.49. The molecule has 3 rings (SSSR count). The van der Waals surface area contributed by atoms with Crippen molar-refractivity contribution in [3.63, 3.8) is 0 Å². The maximum Gasteiger partial charge on any atom is 0.417 e. The second-order valence-electron chi connectivity index (χ2n) is 7.43. The fourth-order valence-corrected chi connectivity index (χ4v) is 3.46. The Hall–Kier alpha value is -2.93. The maximum absolute atomic E-state index is 13.1. The third-order valence-corrected chi connectivity index (χ3v) is 4.95. The Bertz CT molecular complexity index is 1240. The zero-order valence-electron chi connectivity index (χ0n) is 17.0. The number of esters is 1. The number of ether oxygens (including phenoxy) is 1. The molecule has 1 aromatic carbocycles. The molecule has 0 spiro atoms. The summed E-state index contributed by atoms with van der Waals surface area (Å²) in [5, 5.41) is 0.684. The fourth-order valence-electron chi connectivity index (χ4n) is 3.27. The highest BCUT2D eigenvalue weighted by atomic mass is 35.5. The van der Waals surface area contributed by atoms with Crippen LogP contribution in [0.25, 0.3) is 22.2 Å². The van der Waals surface area contributed by atoms with Gasteiger partial charge in [0, 0.05) is 17.6 Å². The van der Waals surface area contributed by atoms with Crippen LogP contribution in [0.2, 0.25) is 5.02 Å². The van der Waals surface area contributed by atoms with Crippen LogP contribution in [0.3, 0.4) is 0 Å². The number of pyridine rings is 1. The molecule has 0 amide bonds. The molecule has 29 heavy (non-hydrogen) atoms. The normalized spacial score (nSPS) is 11.3. The van der Waals surface area contributed by atoms with E-state index < -0.39 is 17.2 Å². The van der Waals surface area contributed by atoms with Crippen molar-refractivity contribution in [1.29, 1.82) is 0 Å². The van der Waals surface area contributed by atoms with Crippen LogP contribution in [0, 0.1) is 12.8 Å². The van der Waals surface area contributed by atoms with Crippen molar-refractivity contribution in [1.82, 2.24) is 9.13 Å². The van der Waals surface area contributed by atoms with Crippen LogP contribution in [0.15, 0.2) is 33.9 Å². The van der Waals surface area contributed by atoms with Gasteiger partial charge in [0.1, 0.15) is 16.6 Å². The summed E-state index contributed by atoms with van der Waals surface area (Å²) in [5.41, 5.74) is 1.07. The zero-order chi connectivity index (χ0) is 21.5. The van der Waals surface area contributed by atoms with E-state index >= 15 is 0 Å². The number of carbonyl (C=O) groups is 1. The van der Waals surface area contributed by atoms with E-state index in [0.29, 0.717) is 27.5 Å². The lowest BCUT2D eigenvalue weighted by Crippen LogP contribution is -2.40. The lowest BCUT2D eigenvalue weighted by atomic mass is 9.96. The Morgan fingerprint density at radius 1 is 1.21 bits per heavy atom. The maximum atomic E-state index is 13.1. The number of nitrogens with one attached hydrogen (secondary N) is 1. The molecule has 152 valence electrons. The number of hydrogen-bond acceptors (Lipinski definition) is 4. The summed E-state index contributed by atoms with van der Waals surface area (Å²) in [6.45, 7) is 5.84. The van der Waals surface area contributed by atoms with Gasteiger partial charge in [0.2, 0.25) is 0 Å². The standard InChI is InChI=1S/C21H22ClN3O4/c1-11(2)10-29-20(27)15-12(3)23-18-17(19(26)25(5)21(28)24(18)4)16(15)13-7-6-8-14(22)9-13/h6-9,11H,10H2,1-5H3/p+1. The average Bonchev–Trinajstić information content (AvgIpc) is 2.67. The minimum absolute atomic E-state index is 0.159. The average molecular weight is 417 g/mol. The summed E-state index contributed by atoms with van der Waals surface area (Å²) in [5.74, 6) is -0.382. The number of aryl methyl sites for hydroxylation is 2. The molecule has 2 heterocycles. The molecule has 0 radical (unpaired) electrons. The summed E-state index contributed by atoms with van der Waals surface area (Å²) in [7, 11) is 2.97. The molecule has 0 aliphatic heterocycles. The Morgan fingerprint density at radius 2 is 1.90 bits per heavy atom.